The molecule has 0 bridgehead atoms. The summed E-state index contributed by atoms with van der Waals surface area (Å²) < 4.78 is 0. The van der Waals surface area contributed by atoms with Crippen molar-refractivity contribution in [1.82, 2.24) is 19.9 Å². The molecule has 7 nitrogen and oxygen atoms in total. The molecule has 0 fully saturated rings. The molecule has 1 atom stereocenters. The molecule has 0 radical (unpaired) electrons. The van der Waals surface area contributed by atoms with Gasteiger partial charge in [0.1, 0.15) is 5.82 Å². The average Bonchev–Trinajstić information content (AvgIpc) is 2.65. The van der Waals surface area contributed by atoms with Gasteiger partial charge in [-0.15, -0.1) is 0 Å². The van der Waals surface area contributed by atoms with Crippen LogP contribution in [-0.2, 0) is 17.8 Å². The first-order valence-corrected chi connectivity index (χ1v) is 8.92. The van der Waals surface area contributed by atoms with Gasteiger partial charge in [0.15, 0.2) is 5.82 Å². The normalized spacial score (nSPS) is 14.9. The molecule has 26 heavy (non-hydrogen) atoms. The maximum atomic E-state index is 11.8. The highest BCUT2D eigenvalue weighted by atomic mass is 16.3. The van der Waals surface area contributed by atoms with E-state index in [2.05, 4.69) is 24.1 Å². The summed E-state index contributed by atoms with van der Waals surface area (Å²) in [5, 5.41) is 13.1. The number of anilines is 1. The summed E-state index contributed by atoms with van der Waals surface area (Å²) in [7, 11) is 0. The van der Waals surface area contributed by atoms with Crippen LogP contribution in [0.3, 0.4) is 0 Å². The van der Waals surface area contributed by atoms with Gasteiger partial charge in [-0.25, -0.2) is 9.97 Å². The highest BCUT2D eigenvalue weighted by molar-refractivity contribution is 5.74. The number of nitrogens with zero attached hydrogens (tertiary/aromatic N) is 4. The van der Waals surface area contributed by atoms with Crippen molar-refractivity contribution in [2.24, 2.45) is 5.92 Å². The Morgan fingerprint density at radius 2 is 2.19 bits per heavy atom. The van der Waals surface area contributed by atoms with Crippen LogP contribution in [-0.4, -0.2) is 50.1 Å². The minimum absolute atomic E-state index is 0.0260. The number of nitrogens with one attached hydrogen (secondary N) is 1. The van der Waals surface area contributed by atoms with Crippen LogP contribution in [0.25, 0.3) is 11.4 Å². The van der Waals surface area contributed by atoms with Crippen molar-refractivity contribution in [3.8, 4) is 11.4 Å². The van der Waals surface area contributed by atoms with Gasteiger partial charge in [0.05, 0.1) is 24.9 Å². The molecule has 3 rings (SSSR count). The molecule has 0 unspecified atom stereocenters. The van der Waals surface area contributed by atoms with E-state index in [-0.39, 0.29) is 24.5 Å². The molecule has 1 aliphatic heterocycles. The largest absolute Gasteiger partial charge is 0.394 e. The van der Waals surface area contributed by atoms with E-state index >= 15 is 0 Å². The Hall–Kier alpha value is -2.54. The van der Waals surface area contributed by atoms with E-state index in [1.54, 1.807) is 24.2 Å². The van der Waals surface area contributed by atoms with Gasteiger partial charge in [-0.3, -0.25) is 9.78 Å². The van der Waals surface area contributed by atoms with Crippen LogP contribution in [0, 0.1) is 5.92 Å². The first kappa shape index (κ1) is 18.3. The van der Waals surface area contributed by atoms with Gasteiger partial charge in [-0.05, 0) is 24.5 Å². The fraction of sp³-hybridized carbons (Fsp3) is 0.474. The van der Waals surface area contributed by atoms with Crippen LogP contribution >= 0.6 is 0 Å². The smallest absolute Gasteiger partial charge is 0.219 e. The molecule has 0 saturated heterocycles. The van der Waals surface area contributed by atoms with Gasteiger partial charge in [0.25, 0.3) is 0 Å². The molecule has 0 saturated carbocycles. The zero-order valence-corrected chi connectivity index (χ0v) is 15.4. The number of pyridine rings is 1. The Morgan fingerprint density at radius 1 is 1.38 bits per heavy atom. The number of aliphatic hydroxyl groups is 1. The van der Waals surface area contributed by atoms with Crippen molar-refractivity contribution in [3.05, 3.63) is 35.8 Å². The second-order valence-corrected chi connectivity index (χ2v) is 6.93. The molecule has 1 amide bonds. The monoisotopic (exact) mass is 355 g/mol. The lowest BCUT2D eigenvalue weighted by atomic mass is 10.0. The van der Waals surface area contributed by atoms with Crippen LogP contribution in [0.2, 0.25) is 0 Å². The molecule has 0 aromatic carbocycles. The number of aromatic nitrogens is 3. The highest BCUT2D eigenvalue weighted by Gasteiger charge is 2.25. The fourth-order valence-electron chi connectivity index (χ4n) is 3.04. The van der Waals surface area contributed by atoms with Gasteiger partial charge in [-0.1, -0.05) is 13.8 Å². The van der Waals surface area contributed by atoms with E-state index in [1.807, 2.05) is 12.1 Å². The van der Waals surface area contributed by atoms with E-state index in [9.17, 15) is 9.90 Å². The number of aliphatic hydroxyl groups excluding tert-OH is 1. The Bertz CT molecular complexity index is 779. The number of rotatable bonds is 5. The van der Waals surface area contributed by atoms with Crippen LogP contribution in [0.5, 0.6) is 0 Å². The van der Waals surface area contributed by atoms with Crippen molar-refractivity contribution in [2.45, 2.75) is 39.8 Å². The average molecular weight is 355 g/mol. The molecule has 7 heteroatoms. The van der Waals surface area contributed by atoms with Gasteiger partial charge in [0.2, 0.25) is 5.91 Å². The Labute approximate surface area is 153 Å². The molecule has 0 spiro atoms. The van der Waals surface area contributed by atoms with Crippen LogP contribution in [0.4, 0.5) is 5.82 Å². The van der Waals surface area contributed by atoms with Crippen LogP contribution < -0.4 is 5.32 Å². The predicted molar refractivity (Wildman–Crippen MR) is 99.4 cm³/mol. The minimum atomic E-state index is -0.0958. The van der Waals surface area contributed by atoms with Crippen LogP contribution in [0.1, 0.15) is 32.0 Å². The third-order valence-corrected chi connectivity index (χ3v) is 4.75. The highest BCUT2D eigenvalue weighted by Crippen LogP contribution is 2.28. The zero-order chi connectivity index (χ0) is 18.7. The van der Waals surface area contributed by atoms with E-state index < -0.39 is 0 Å². The SMILES string of the molecule is CC(=O)N1CCc2c(nc(-c3cccnc3)nc2N[C@@H](CO)C(C)C)C1. The third kappa shape index (κ3) is 3.83. The molecule has 2 N–H and O–H groups in total. The maximum Gasteiger partial charge on any atom is 0.219 e. The zero-order valence-electron chi connectivity index (χ0n) is 15.4. The lowest BCUT2D eigenvalue weighted by Crippen LogP contribution is -2.37. The maximum absolute atomic E-state index is 11.8. The Morgan fingerprint density at radius 3 is 2.81 bits per heavy atom. The molecule has 2 aromatic rings. The van der Waals surface area contributed by atoms with Gasteiger partial charge in [-0.2, -0.15) is 0 Å². The second-order valence-electron chi connectivity index (χ2n) is 6.93. The van der Waals surface area contributed by atoms with E-state index in [0.29, 0.717) is 25.3 Å². The van der Waals surface area contributed by atoms with E-state index in [1.165, 1.54) is 0 Å². The summed E-state index contributed by atoms with van der Waals surface area (Å²) in [5.41, 5.74) is 2.70. The molecule has 1 aliphatic rings. The first-order valence-electron chi connectivity index (χ1n) is 8.92. The van der Waals surface area contributed by atoms with E-state index in [4.69, 9.17) is 9.97 Å². The second kappa shape index (κ2) is 7.78. The summed E-state index contributed by atoms with van der Waals surface area (Å²) in [6, 6.07) is 3.66. The molecule has 138 valence electrons. The third-order valence-electron chi connectivity index (χ3n) is 4.75. The Balaban J connectivity index is 2.04. The summed E-state index contributed by atoms with van der Waals surface area (Å²) in [5.74, 6) is 1.61. The summed E-state index contributed by atoms with van der Waals surface area (Å²) in [6.07, 6.45) is 4.13. The van der Waals surface area contributed by atoms with Crippen LogP contribution in [0.15, 0.2) is 24.5 Å². The first-order chi connectivity index (χ1) is 12.5. The number of carbonyl (C=O) groups excluding carboxylic acids is 1. The quantitative estimate of drug-likeness (QED) is 0.851. The van der Waals surface area contributed by atoms with Crippen molar-refractivity contribution in [1.29, 1.82) is 0 Å². The minimum Gasteiger partial charge on any atom is -0.394 e. The molecular formula is C19H25N5O2. The standard InChI is InChI=1S/C19H25N5O2/c1-12(2)17(11-25)22-19-15-6-8-24(13(3)26)10-16(15)21-18(23-19)14-5-4-7-20-9-14/h4-5,7,9,12,17,25H,6,8,10-11H2,1-3H3,(H,21,22,23)/t17-/m0/s1. The van der Waals surface area contributed by atoms with Crippen molar-refractivity contribution >= 4 is 11.7 Å². The summed E-state index contributed by atoms with van der Waals surface area (Å²) in [4.78, 5) is 27.1. The van der Waals surface area contributed by atoms with Gasteiger partial charge >= 0.3 is 0 Å². The number of carbonyl (C=O) groups is 1. The lowest BCUT2D eigenvalue weighted by Gasteiger charge is -2.30. The summed E-state index contributed by atoms with van der Waals surface area (Å²) in [6.45, 7) is 6.84. The fourth-order valence-corrected chi connectivity index (χ4v) is 3.04. The predicted octanol–water partition coefficient (Wildman–Crippen LogP) is 1.87. The number of hydrogen-bond acceptors (Lipinski definition) is 6. The van der Waals surface area contributed by atoms with Gasteiger partial charge in [0, 0.05) is 37.0 Å². The van der Waals surface area contributed by atoms with Crippen molar-refractivity contribution < 1.29 is 9.90 Å². The molecule has 2 aromatic heterocycles. The van der Waals surface area contributed by atoms with Crippen molar-refractivity contribution in [3.63, 3.8) is 0 Å². The molecule has 3 heterocycles. The number of amides is 1. The lowest BCUT2D eigenvalue weighted by molar-refractivity contribution is -0.129. The van der Waals surface area contributed by atoms with Gasteiger partial charge < -0.3 is 15.3 Å². The molecule has 0 aliphatic carbocycles. The number of fused-ring (bicyclic) bond motifs is 1. The topological polar surface area (TPSA) is 91.2 Å². The van der Waals surface area contributed by atoms with E-state index in [0.717, 1.165) is 22.6 Å². The van der Waals surface area contributed by atoms with Crippen molar-refractivity contribution in [2.75, 3.05) is 18.5 Å². The Kier molecular flexibility index (Phi) is 5.46. The summed E-state index contributed by atoms with van der Waals surface area (Å²) >= 11 is 0. The molecular weight excluding hydrogens is 330 g/mol. The number of hydrogen-bond donors (Lipinski definition) is 2.